The van der Waals surface area contributed by atoms with Crippen LogP contribution in [-0.4, -0.2) is 4.55 Å². The molecule has 0 aliphatic rings. The molecule has 0 saturated heterocycles. The number of halogens is 1. The van der Waals surface area contributed by atoms with Crippen molar-refractivity contribution >= 4 is 21.1 Å². The summed E-state index contributed by atoms with van der Waals surface area (Å²) in [6.07, 6.45) is 1.53. The lowest BCUT2D eigenvalue weighted by atomic mass is 10.5. The highest BCUT2D eigenvalue weighted by molar-refractivity contribution is 8.13. The zero-order valence-electron chi connectivity index (χ0n) is 4.54. The highest BCUT2D eigenvalue weighted by Gasteiger charge is 2.04. The fourth-order valence-electron chi connectivity index (χ4n) is 0.507. The SMILES string of the molecule is [O-][S+](Cl)Cc1ccco1. The summed E-state index contributed by atoms with van der Waals surface area (Å²) in [7, 11) is 3.86. The summed E-state index contributed by atoms with van der Waals surface area (Å²) in [6.45, 7) is 0. The minimum atomic E-state index is -1.32. The molecule has 0 saturated carbocycles. The van der Waals surface area contributed by atoms with Crippen molar-refractivity contribution < 1.29 is 8.97 Å². The Kier molecular flexibility index (Phi) is 2.45. The van der Waals surface area contributed by atoms with Crippen molar-refractivity contribution in [3.8, 4) is 0 Å². The monoisotopic (exact) mass is 164 g/mol. The smallest absolute Gasteiger partial charge is 0.181 e. The second-order valence-electron chi connectivity index (χ2n) is 1.51. The van der Waals surface area contributed by atoms with Crippen molar-refractivity contribution in [1.29, 1.82) is 0 Å². The van der Waals surface area contributed by atoms with Crippen molar-refractivity contribution in [3.63, 3.8) is 0 Å². The van der Waals surface area contributed by atoms with Crippen molar-refractivity contribution in [2.75, 3.05) is 0 Å². The molecule has 9 heavy (non-hydrogen) atoms. The van der Waals surface area contributed by atoms with E-state index in [4.69, 9.17) is 15.1 Å². The summed E-state index contributed by atoms with van der Waals surface area (Å²) in [6, 6.07) is 3.47. The quantitative estimate of drug-likeness (QED) is 0.624. The van der Waals surface area contributed by atoms with E-state index >= 15 is 0 Å². The van der Waals surface area contributed by atoms with E-state index in [2.05, 4.69) is 0 Å². The maximum Gasteiger partial charge on any atom is 0.181 e. The Morgan fingerprint density at radius 2 is 2.56 bits per heavy atom. The Bertz CT molecular complexity index is 161. The molecule has 1 aromatic rings. The van der Waals surface area contributed by atoms with Gasteiger partial charge in [-0.05, 0) is 12.1 Å². The number of furan rings is 1. The molecule has 4 heteroatoms. The van der Waals surface area contributed by atoms with E-state index < -0.39 is 10.4 Å². The van der Waals surface area contributed by atoms with Gasteiger partial charge in [0.2, 0.25) is 0 Å². The van der Waals surface area contributed by atoms with E-state index in [0.717, 1.165) is 0 Å². The van der Waals surface area contributed by atoms with Gasteiger partial charge in [-0.3, -0.25) is 0 Å². The van der Waals surface area contributed by atoms with E-state index in [0.29, 0.717) is 5.76 Å². The molecule has 50 valence electrons. The Hall–Kier alpha value is -0.120. The van der Waals surface area contributed by atoms with Gasteiger partial charge in [0.05, 0.1) is 16.7 Å². The number of rotatable bonds is 2. The molecule has 1 aromatic heterocycles. The lowest BCUT2D eigenvalue weighted by molar-refractivity contribution is 0.523. The zero-order chi connectivity index (χ0) is 6.69. The van der Waals surface area contributed by atoms with Gasteiger partial charge in [-0.1, -0.05) is 0 Å². The van der Waals surface area contributed by atoms with Crippen molar-refractivity contribution in [3.05, 3.63) is 24.2 Å². The molecule has 0 amide bonds. The van der Waals surface area contributed by atoms with Gasteiger partial charge in [0.1, 0.15) is 0 Å². The molecule has 0 N–H and O–H groups in total. The molecular weight excluding hydrogens is 160 g/mol. The predicted molar refractivity (Wildman–Crippen MR) is 36.4 cm³/mol. The first kappa shape index (κ1) is 6.99. The van der Waals surface area contributed by atoms with E-state index in [1.807, 2.05) is 0 Å². The molecular formula is C5H5ClO2S. The largest absolute Gasteiger partial charge is 0.599 e. The van der Waals surface area contributed by atoms with Crippen molar-refractivity contribution in [2.24, 2.45) is 0 Å². The van der Waals surface area contributed by atoms with Crippen LogP contribution < -0.4 is 0 Å². The standard InChI is InChI=1S/C5H5ClO2S/c6-9(7)4-5-2-1-3-8-5/h1-3H,4H2. The van der Waals surface area contributed by atoms with E-state index in [1.54, 1.807) is 12.1 Å². The van der Waals surface area contributed by atoms with Crippen LogP contribution in [0.1, 0.15) is 5.76 Å². The molecule has 1 unspecified atom stereocenters. The maximum absolute atomic E-state index is 10.3. The summed E-state index contributed by atoms with van der Waals surface area (Å²) in [5, 5.41) is 0. The normalized spacial score (nSPS) is 13.6. The van der Waals surface area contributed by atoms with Crippen LogP contribution in [-0.2, 0) is 16.1 Å². The minimum Gasteiger partial charge on any atom is -0.599 e. The van der Waals surface area contributed by atoms with Gasteiger partial charge in [0.15, 0.2) is 22.2 Å². The van der Waals surface area contributed by atoms with E-state index in [9.17, 15) is 4.55 Å². The Morgan fingerprint density at radius 3 is 3.00 bits per heavy atom. The Morgan fingerprint density at radius 1 is 1.78 bits per heavy atom. The molecule has 0 aliphatic carbocycles. The zero-order valence-corrected chi connectivity index (χ0v) is 6.11. The molecule has 0 fully saturated rings. The van der Waals surface area contributed by atoms with E-state index in [1.165, 1.54) is 6.26 Å². The molecule has 1 rings (SSSR count). The van der Waals surface area contributed by atoms with Gasteiger partial charge in [-0.25, -0.2) is 0 Å². The molecule has 2 nitrogen and oxygen atoms in total. The lowest BCUT2D eigenvalue weighted by Crippen LogP contribution is -1.92. The van der Waals surface area contributed by atoms with Gasteiger partial charge >= 0.3 is 0 Å². The van der Waals surface area contributed by atoms with Gasteiger partial charge in [0.25, 0.3) is 0 Å². The third kappa shape index (κ3) is 2.30. The van der Waals surface area contributed by atoms with Gasteiger partial charge in [-0.15, -0.1) is 0 Å². The second-order valence-corrected chi connectivity index (χ2v) is 3.41. The van der Waals surface area contributed by atoms with Crippen molar-refractivity contribution in [1.82, 2.24) is 0 Å². The Labute approximate surface area is 60.5 Å². The molecule has 0 aliphatic heterocycles. The summed E-state index contributed by atoms with van der Waals surface area (Å²) in [5.74, 6) is 0.942. The van der Waals surface area contributed by atoms with Crippen molar-refractivity contribution in [2.45, 2.75) is 5.75 Å². The fraction of sp³-hybridized carbons (Fsp3) is 0.200. The summed E-state index contributed by atoms with van der Waals surface area (Å²) in [4.78, 5) is 0. The first-order valence-corrected chi connectivity index (χ1v) is 4.50. The predicted octanol–water partition coefficient (Wildman–Crippen LogP) is 1.68. The average Bonchev–Trinajstić information content (AvgIpc) is 2.15. The van der Waals surface area contributed by atoms with Crippen LogP contribution in [0.3, 0.4) is 0 Å². The average molecular weight is 165 g/mol. The van der Waals surface area contributed by atoms with Gasteiger partial charge < -0.3 is 8.97 Å². The van der Waals surface area contributed by atoms with Crippen LogP contribution in [0.2, 0.25) is 0 Å². The summed E-state index contributed by atoms with van der Waals surface area (Å²) in [5.41, 5.74) is 0. The minimum absolute atomic E-state index is 0.286. The summed E-state index contributed by atoms with van der Waals surface area (Å²) >= 11 is 0. The molecule has 1 atom stereocenters. The highest BCUT2D eigenvalue weighted by Crippen LogP contribution is 2.08. The van der Waals surface area contributed by atoms with Gasteiger partial charge in [0, 0.05) is 0 Å². The molecule has 1 heterocycles. The maximum atomic E-state index is 10.3. The highest BCUT2D eigenvalue weighted by atomic mass is 35.7. The summed E-state index contributed by atoms with van der Waals surface area (Å²) < 4.78 is 15.2. The molecule has 0 aromatic carbocycles. The third-order valence-corrected chi connectivity index (χ3v) is 1.67. The lowest BCUT2D eigenvalue weighted by Gasteiger charge is -1.94. The molecule has 0 radical (unpaired) electrons. The fourth-order valence-corrected chi connectivity index (χ4v) is 1.22. The Balaban J connectivity index is 2.48. The van der Waals surface area contributed by atoms with Crippen LogP contribution in [0.4, 0.5) is 0 Å². The second kappa shape index (κ2) is 3.15. The van der Waals surface area contributed by atoms with Crippen LogP contribution in [0.25, 0.3) is 0 Å². The van der Waals surface area contributed by atoms with Crippen LogP contribution in [0.5, 0.6) is 0 Å². The van der Waals surface area contributed by atoms with Crippen LogP contribution >= 0.6 is 10.7 Å². The topological polar surface area (TPSA) is 36.2 Å². The molecule has 0 spiro atoms. The first-order valence-electron chi connectivity index (χ1n) is 2.36. The van der Waals surface area contributed by atoms with E-state index in [-0.39, 0.29) is 5.75 Å². The third-order valence-electron chi connectivity index (χ3n) is 0.836. The van der Waals surface area contributed by atoms with Crippen LogP contribution in [0.15, 0.2) is 22.8 Å². The number of hydrogen-bond donors (Lipinski definition) is 0. The van der Waals surface area contributed by atoms with Gasteiger partial charge in [-0.2, -0.15) is 0 Å². The first-order chi connectivity index (χ1) is 4.29. The molecule has 0 bridgehead atoms. The number of hydrogen-bond acceptors (Lipinski definition) is 2. The van der Waals surface area contributed by atoms with Crippen LogP contribution in [0, 0.1) is 0 Å².